The van der Waals surface area contributed by atoms with Gasteiger partial charge in [0.05, 0.1) is 12.6 Å². The Morgan fingerprint density at radius 2 is 1.68 bits per heavy atom. The monoisotopic (exact) mass is 249 g/mol. The maximum atomic E-state index is 3.52. The van der Waals surface area contributed by atoms with Gasteiger partial charge < -0.3 is 0 Å². The first kappa shape index (κ1) is 13.4. The topological polar surface area (TPSA) is 12.0 Å². The normalized spacial score (nSPS) is 11.5. The summed E-state index contributed by atoms with van der Waals surface area (Å²) in [4.78, 5) is 0. The number of hydrogen-bond acceptors (Lipinski definition) is 1. The van der Waals surface area contributed by atoms with E-state index in [4.69, 9.17) is 0 Å². The molecule has 0 radical (unpaired) electrons. The maximum absolute atomic E-state index is 3.52. The lowest BCUT2D eigenvalue weighted by atomic mass is 9.95. The van der Waals surface area contributed by atoms with Gasteiger partial charge in [0.1, 0.15) is 0 Å². The van der Waals surface area contributed by atoms with Crippen molar-refractivity contribution < 1.29 is 0 Å². The van der Waals surface area contributed by atoms with Gasteiger partial charge >= 0.3 is 0 Å². The molecule has 2 aromatic carbocycles. The molecule has 1 N–H and O–H groups in total. The minimum Gasteiger partial charge on any atom is -0.295 e. The summed E-state index contributed by atoms with van der Waals surface area (Å²) in [6.45, 7) is 4.72. The lowest BCUT2D eigenvalue weighted by Crippen LogP contribution is -2.23. The number of hydrogen-bond donors (Lipinski definition) is 1. The highest BCUT2D eigenvalue weighted by Crippen LogP contribution is 2.24. The van der Waals surface area contributed by atoms with Crippen molar-refractivity contribution in [2.24, 2.45) is 0 Å². The van der Waals surface area contributed by atoms with Crippen molar-refractivity contribution in [2.75, 3.05) is 6.54 Å². The van der Waals surface area contributed by atoms with Crippen LogP contribution in [0.25, 0.3) is 0 Å². The summed E-state index contributed by atoms with van der Waals surface area (Å²) < 4.78 is 0. The van der Waals surface area contributed by atoms with Crippen LogP contribution in [-0.4, -0.2) is 6.54 Å². The highest BCUT2D eigenvalue weighted by atomic mass is 14.9. The molecule has 0 saturated heterocycles. The van der Waals surface area contributed by atoms with E-state index in [1.807, 2.05) is 13.0 Å². The molecule has 1 heteroatoms. The van der Waals surface area contributed by atoms with Crippen LogP contribution >= 0.6 is 0 Å². The van der Waals surface area contributed by atoms with E-state index in [-0.39, 0.29) is 6.04 Å². The van der Waals surface area contributed by atoms with Gasteiger partial charge in [0.15, 0.2) is 0 Å². The fraction of sp³-hybridized carbons (Fsp3) is 0.222. The minimum atomic E-state index is 0.197. The van der Waals surface area contributed by atoms with Gasteiger partial charge in [0.2, 0.25) is 0 Å². The molecule has 0 aromatic heterocycles. The van der Waals surface area contributed by atoms with Gasteiger partial charge in [-0.25, -0.2) is 0 Å². The second kappa shape index (κ2) is 6.78. The van der Waals surface area contributed by atoms with E-state index in [1.165, 1.54) is 16.7 Å². The Morgan fingerprint density at radius 3 is 2.37 bits per heavy atom. The van der Waals surface area contributed by atoms with Crippen LogP contribution in [0.2, 0.25) is 0 Å². The van der Waals surface area contributed by atoms with Crippen LogP contribution in [-0.2, 0) is 0 Å². The Labute approximate surface area is 115 Å². The van der Waals surface area contributed by atoms with Gasteiger partial charge in [0, 0.05) is 0 Å². The zero-order chi connectivity index (χ0) is 13.5. The van der Waals surface area contributed by atoms with Gasteiger partial charge in [0.25, 0.3) is 0 Å². The van der Waals surface area contributed by atoms with Crippen molar-refractivity contribution in [3.63, 3.8) is 0 Å². The molecule has 96 valence electrons. The molecule has 0 saturated carbocycles. The summed E-state index contributed by atoms with van der Waals surface area (Å²) in [5.41, 5.74) is 3.88. The average Bonchev–Trinajstić information content (AvgIpc) is 2.46. The molecule has 0 aliphatic rings. The quantitative estimate of drug-likeness (QED) is 0.815. The van der Waals surface area contributed by atoms with E-state index in [0.717, 1.165) is 0 Å². The van der Waals surface area contributed by atoms with Crippen molar-refractivity contribution in [2.45, 2.75) is 19.9 Å². The standard InChI is InChI=1S/C18H19N/c1-3-4-14-19-18(16-11-6-5-7-12-16)17-13-9-8-10-15(17)2/h5-13,18-19H,14H2,1-2H3. The number of rotatable bonds is 4. The van der Waals surface area contributed by atoms with Crippen molar-refractivity contribution in [3.05, 3.63) is 71.3 Å². The fourth-order valence-corrected chi connectivity index (χ4v) is 2.21. The molecule has 0 spiro atoms. The zero-order valence-corrected chi connectivity index (χ0v) is 11.5. The maximum Gasteiger partial charge on any atom is 0.0586 e. The lowest BCUT2D eigenvalue weighted by molar-refractivity contribution is 0.655. The van der Waals surface area contributed by atoms with Crippen LogP contribution in [0.4, 0.5) is 0 Å². The van der Waals surface area contributed by atoms with Gasteiger partial charge in [-0.05, 0) is 30.5 Å². The summed E-state index contributed by atoms with van der Waals surface area (Å²) in [6, 6.07) is 19.2. The molecular weight excluding hydrogens is 230 g/mol. The van der Waals surface area contributed by atoms with Crippen LogP contribution in [0.15, 0.2) is 54.6 Å². The van der Waals surface area contributed by atoms with E-state index in [9.17, 15) is 0 Å². The molecule has 0 aliphatic heterocycles. The number of nitrogens with one attached hydrogen (secondary N) is 1. The summed E-state index contributed by atoms with van der Waals surface area (Å²) in [5.74, 6) is 6.00. The summed E-state index contributed by atoms with van der Waals surface area (Å²) >= 11 is 0. The molecule has 19 heavy (non-hydrogen) atoms. The second-order valence-corrected chi connectivity index (χ2v) is 4.51. The van der Waals surface area contributed by atoms with Crippen molar-refractivity contribution in [3.8, 4) is 11.8 Å². The van der Waals surface area contributed by atoms with Crippen LogP contribution in [0.3, 0.4) is 0 Å². The van der Waals surface area contributed by atoms with Crippen LogP contribution in [0, 0.1) is 18.8 Å². The third-order valence-corrected chi connectivity index (χ3v) is 3.20. The molecule has 0 aliphatic carbocycles. The van der Waals surface area contributed by atoms with E-state index in [2.05, 4.69) is 72.6 Å². The van der Waals surface area contributed by atoms with E-state index in [1.54, 1.807) is 0 Å². The number of aryl methyl sites for hydroxylation is 1. The SMILES string of the molecule is CC#CCNC(c1ccccc1)c1ccccc1C. The lowest BCUT2D eigenvalue weighted by Gasteiger charge is -2.20. The molecular formula is C18H19N. The first-order chi connectivity index (χ1) is 9.33. The second-order valence-electron chi connectivity index (χ2n) is 4.51. The summed E-state index contributed by atoms with van der Waals surface area (Å²) in [6.07, 6.45) is 0. The molecule has 1 nitrogen and oxygen atoms in total. The number of benzene rings is 2. The van der Waals surface area contributed by atoms with Gasteiger partial charge in [-0.15, -0.1) is 5.92 Å². The first-order valence-corrected chi connectivity index (χ1v) is 6.56. The molecule has 0 fully saturated rings. The Hall–Kier alpha value is -2.04. The largest absolute Gasteiger partial charge is 0.295 e. The predicted molar refractivity (Wildman–Crippen MR) is 80.9 cm³/mol. The molecule has 2 aromatic rings. The molecule has 1 atom stereocenters. The van der Waals surface area contributed by atoms with E-state index in [0.29, 0.717) is 6.54 Å². The Bertz CT molecular complexity index is 575. The summed E-state index contributed by atoms with van der Waals surface area (Å²) in [5, 5.41) is 3.52. The Kier molecular flexibility index (Phi) is 4.78. The van der Waals surface area contributed by atoms with Crippen molar-refractivity contribution in [1.82, 2.24) is 5.32 Å². The molecule has 0 bridgehead atoms. The average molecular weight is 249 g/mol. The Balaban J connectivity index is 2.34. The van der Waals surface area contributed by atoms with Crippen molar-refractivity contribution >= 4 is 0 Å². The highest BCUT2D eigenvalue weighted by Gasteiger charge is 2.14. The van der Waals surface area contributed by atoms with Crippen molar-refractivity contribution in [1.29, 1.82) is 0 Å². The van der Waals surface area contributed by atoms with Crippen LogP contribution in [0.1, 0.15) is 29.7 Å². The van der Waals surface area contributed by atoms with E-state index < -0.39 is 0 Å². The Morgan fingerprint density at radius 1 is 1.00 bits per heavy atom. The summed E-state index contributed by atoms with van der Waals surface area (Å²) in [7, 11) is 0. The van der Waals surface area contributed by atoms with Crippen LogP contribution in [0.5, 0.6) is 0 Å². The minimum absolute atomic E-state index is 0.197. The molecule has 0 amide bonds. The van der Waals surface area contributed by atoms with Crippen LogP contribution < -0.4 is 5.32 Å². The zero-order valence-electron chi connectivity index (χ0n) is 11.5. The van der Waals surface area contributed by atoms with Gasteiger partial charge in [-0.2, -0.15) is 0 Å². The first-order valence-electron chi connectivity index (χ1n) is 6.56. The fourth-order valence-electron chi connectivity index (χ4n) is 2.21. The smallest absolute Gasteiger partial charge is 0.0586 e. The third-order valence-electron chi connectivity index (χ3n) is 3.20. The highest BCUT2D eigenvalue weighted by molar-refractivity contribution is 5.36. The molecule has 0 heterocycles. The van der Waals surface area contributed by atoms with Gasteiger partial charge in [-0.1, -0.05) is 60.5 Å². The molecule has 1 unspecified atom stereocenters. The van der Waals surface area contributed by atoms with Gasteiger partial charge in [-0.3, -0.25) is 5.32 Å². The van der Waals surface area contributed by atoms with E-state index >= 15 is 0 Å². The molecule has 2 rings (SSSR count). The predicted octanol–water partition coefficient (Wildman–Crippen LogP) is 3.70. The third kappa shape index (κ3) is 3.47.